The number of carboxylic acids is 1. The van der Waals surface area contributed by atoms with Crippen LogP contribution >= 0.6 is 27.5 Å². The quantitative estimate of drug-likeness (QED) is 0.884. The summed E-state index contributed by atoms with van der Waals surface area (Å²) in [7, 11) is 0. The molecule has 2 aromatic rings. The molecule has 0 unspecified atom stereocenters. The molecule has 1 amide bonds. The highest BCUT2D eigenvalue weighted by Crippen LogP contribution is 2.22. The van der Waals surface area contributed by atoms with Crippen molar-refractivity contribution in [2.24, 2.45) is 0 Å². The van der Waals surface area contributed by atoms with Crippen LogP contribution < -0.4 is 5.32 Å². The van der Waals surface area contributed by atoms with Gasteiger partial charge in [0.1, 0.15) is 0 Å². The van der Waals surface area contributed by atoms with Crippen LogP contribution in [-0.4, -0.2) is 22.0 Å². The molecule has 0 aliphatic rings. The third-order valence-corrected chi connectivity index (χ3v) is 3.31. The van der Waals surface area contributed by atoms with E-state index in [1.54, 1.807) is 18.2 Å². The lowest BCUT2D eigenvalue weighted by molar-refractivity contribution is 0.0696. The number of carboxylic acid groups (broad SMARTS) is 1. The van der Waals surface area contributed by atoms with E-state index in [1.807, 2.05) is 0 Å². The molecule has 5 nitrogen and oxygen atoms in total. The summed E-state index contributed by atoms with van der Waals surface area (Å²) in [6.45, 7) is 0. The first kappa shape index (κ1) is 14.5. The number of nitrogens with zero attached hydrogens (tertiary/aromatic N) is 1. The fraction of sp³-hybridized carbons (Fsp3) is 0. The van der Waals surface area contributed by atoms with E-state index in [2.05, 4.69) is 26.2 Å². The molecule has 0 saturated heterocycles. The number of hydrogen-bond acceptors (Lipinski definition) is 3. The minimum Gasteiger partial charge on any atom is -0.478 e. The first-order valence-corrected chi connectivity index (χ1v) is 6.59. The highest BCUT2D eigenvalue weighted by molar-refractivity contribution is 9.10. The van der Waals surface area contributed by atoms with Gasteiger partial charge in [0.25, 0.3) is 5.91 Å². The van der Waals surface area contributed by atoms with Crippen LogP contribution in [0.3, 0.4) is 0 Å². The summed E-state index contributed by atoms with van der Waals surface area (Å²) in [6.07, 6.45) is 2.57. The van der Waals surface area contributed by atoms with Crippen molar-refractivity contribution in [1.82, 2.24) is 4.98 Å². The molecule has 1 heterocycles. The standard InChI is InChI=1S/C13H8BrClN2O3/c14-11-4-8(15)1-2-10(11)12(18)17-9-3-7(13(19)20)5-16-6-9/h1-6H,(H,17,18)(H,19,20). The number of carbonyl (C=O) groups is 2. The lowest BCUT2D eigenvalue weighted by atomic mass is 10.2. The summed E-state index contributed by atoms with van der Waals surface area (Å²) in [6, 6.07) is 6.09. The zero-order valence-corrected chi connectivity index (χ0v) is 12.3. The van der Waals surface area contributed by atoms with E-state index in [9.17, 15) is 9.59 Å². The maximum Gasteiger partial charge on any atom is 0.337 e. The number of benzene rings is 1. The molecule has 0 radical (unpaired) electrons. The summed E-state index contributed by atoms with van der Waals surface area (Å²) in [4.78, 5) is 26.7. The number of carbonyl (C=O) groups excluding carboxylic acids is 1. The number of halogens is 2. The number of anilines is 1. The number of amides is 1. The second-order valence-corrected chi connectivity index (χ2v) is 5.14. The Morgan fingerprint density at radius 2 is 2.00 bits per heavy atom. The highest BCUT2D eigenvalue weighted by Gasteiger charge is 2.12. The number of pyridine rings is 1. The minimum atomic E-state index is -1.11. The van der Waals surface area contributed by atoms with Gasteiger partial charge >= 0.3 is 5.97 Å². The Kier molecular flexibility index (Phi) is 4.36. The van der Waals surface area contributed by atoms with Gasteiger partial charge in [0.15, 0.2) is 0 Å². The summed E-state index contributed by atoms with van der Waals surface area (Å²) < 4.78 is 0.546. The van der Waals surface area contributed by atoms with E-state index >= 15 is 0 Å². The number of nitrogens with one attached hydrogen (secondary N) is 1. The number of aromatic nitrogens is 1. The maximum absolute atomic E-state index is 12.1. The van der Waals surface area contributed by atoms with E-state index in [-0.39, 0.29) is 5.56 Å². The Morgan fingerprint density at radius 1 is 1.25 bits per heavy atom. The monoisotopic (exact) mass is 354 g/mol. The SMILES string of the molecule is O=C(O)c1cncc(NC(=O)c2ccc(Cl)cc2Br)c1. The van der Waals surface area contributed by atoms with Crippen molar-refractivity contribution < 1.29 is 14.7 Å². The minimum absolute atomic E-state index is 0.00188. The van der Waals surface area contributed by atoms with Gasteiger partial charge in [-0.15, -0.1) is 0 Å². The Balaban J connectivity index is 2.23. The van der Waals surface area contributed by atoms with Gasteiger partial charge in [-0.1, -0.05) is 11.6 Å². The molecule has 2 rings (SSSR count). The normalized spacial score (nSPS) is 10.1. The summed E-state index contributed by atoms with van der Waals surface area (Å²) in [5, 5.41) is 11.9. The van der Waals surface area contributed by atoms with Crippen molar-refractivity contribution in [3.05, 3.63) is 57.3 Å². The smallest absolute Gasteiger partial charge is 0.337 e. The third-order valence-electron chi connectivity index (χ3n) is 2.42. The zero-order valence-electron chi connectivity index (χ0n) is 9.93. The predicted molar refractivity (Wildman–Crippen MR) is 78.3 cm³/mol. The Bertz CT molecular complexity index is 691. The molecule has 7 heteroatoms. The van der Waals surface area contributed by atoms with Crippen molar-refractivity contribution in [3.8, 4) is 0 Å². The molecule has 0 atom stereocenters. The van der Waals surface area contributed by atoms with E-state index < -0.39 is 11.9 Å². The molecule has 1 aromatic carbocycles. The topological polar surface area (TPSA) is 79.3 Å². The van der Waals surface area contributed by atoms with Crippen molar-refractivity contribution in [3.63, 3.8) is 0 Å². The molecule has 0 bridgehead atoms. The third kappa shape index (κ3) is 3.34. The Morgan fingerprint density at radius 3 is 2.65 bits per heavy atom. The average molecular weight is 356 g/mol. The van der Waals surface area contributed by atoms with Gasteiger partial charge in [0.05, 0.1) is 23.0 Å². The molecular weight excluding hydrogens is 348 g/mol. The maximum atomic E-state index is 12.1. The van der Waals surface area contributed by atoms with Crippen LogP contribution in [0.5, 0.6) is 0 Å². The van der Waals surface area contributed by atoms with Crippen LogP contribution in [0.1, 0.15) is 20.7 Å². The number of hydrogen-bond donors (Lipinski definition) is 2. The molecule has 20 heavy (non-hydrogen) atoms. The Hall–Kier alpha value is -1.92. The second-order valence-electron chi connectivity index (χ2n) is 3.85. The second kappa shape index (κ2) is 6.02. The van der Waals surface area contributed by atoms with Crippen LogP contribution in [0.25, 0.3) is 0 Å². The average Bonchev–Trinajstić information content (AvgIpc) is 2.38. The summed E-state index contributed by atoms with van der Waals surface area (Å²) >= 11 is 9.04. The molecule has 0 spiro atoms. The van der Waals surface area contributed by atoms with Gasteiger partial charge in [0.2, 0.25) is 0 Å². The van der Waals surface area contributed by atoms with E-state index in [1.165, 1.54) is 18.5 Å². The number of rotatable bonds is 3. The Labute approximate surface area is 127 Å². The summed E-state index contributed by atoms with van der Waals surface area (Å²) in [5.74, 6) is -1.50. The predicted octanol–water partition coefficient (Wildman–Crippen LogP) is 3.45. The van der Waals surface area contributed by atoms with Crippen molar-refractivity contribution >= 4 is 45.1 Å². The lowest BCUT2D eigenvalue weighted by Gasteiger charge is -2.07. The van der Waals surface area contributed by atoms with Crippen LogP contribution in [0.15, 0.2) is 41.1 Å². The van der Waals surface area contributed by atoms with Crippen molar-refractivity contribution in [1.29, 1.82) is 0 Å². The van der Waals surface area contributed by atoms with Crippen LogP contribution in [-0.2, 0) is 0 Å². The van der Waals surface area contributed by atoms with Gasteiger partial charge in [0, 0.05) is 15.7 Å². The van der Waals surface area contributed by atoms with Crippen molar-refractivity contribution in [2.45, 2.75) is 0 Å². The number of aromatic carboxylic acids is 1. The van der Waals surface area contributed by atoms with Crippen LogP contribution in [0.4, 0.5) is 5.69 Å². The molecule has 2 N–H and O–H groups in total. The van der Waals surface area contributed by atoms with Gasteiger partial charge < -0.3 is 10.4 Å². The molecule has 0 saturated carbocycles. The summed E-state index contributed by atoms with van der Waals surface area (Å²) in [5.41, 5.74) is 0.685. The molecular formula is C13H8BrClN2O3. The fourth-order valence-corrected chi connectivity index (χ4v) is 2.36. The molecule has 0 aliphatic heterocycles. The lowest BCUT2D eigenvalue weighted by Crippen LogP contribution is -2.13. The van der Waals surface area contributed by atoms with E-state index in [4.69, 9.17) is 16.7 Å². The highest BCUT2D eigenvalue weighted by atomic mass is 79.9. The van der Waals surface area contributed by atoms with Gasteiger partial charge in [-0.05, 0) is 40.2 Å². The van der Waals surface area contributed by atoms with Gasteiger partial charge in [-0.25, -0.2) is 4.79 Å². The largest absolute Gasteiger partial charge is 0.478 e. The van der Waals surface area contributed by atoms with E-state index in [0.29, 0.717) is 20.7 Å². The zero-order chi connectivity index (χ0) is 14.7. The molecule has 0 fully saturated rings. The van der Waals surface area contributed by atoms with Crippen LogP contribution in [0, 0.1) is 0 Å². The van der Waals surface area contributed by atoms with Crippen molar-refractivity contribution in [2.75, 3.05) is 5.32 Å². The molecule has 1 aromatic heterocycles. The molecule has 0 aliphatic carbocycles. The first-order valence-electron chi connectivity index (χ1n) is 5.42. The van der Waals surface area contributed by atoms with Gasteiger partial charge in [-0.2, -0.15) is 0 Å². The van der Waals surface area contributed by atoms with Gasteiger partial charge in [-0.3, -0.25) is 9.78 Å². The first-order chi connectivity index (χ1) is 9.47. The fourth-order valence-electron chi connectivity index (χ4n) is 1.50. The molecule has 102 valence electrons. The van der Waals surface area contributed by atoms with Crippen LogP contribution in [0.2, 0.25) is 5.02 Å². The van der Waals surface area contributed by atoms with E-state index in [0.717, 1.165) is 0 Å².